The van der Waals surface area contributed by atoms with Gasteiger partial charge >= 0.3 is 0 Å². The molecule has 0 aromatic heterocycles. The second-order valence-electron chi connectivity index (χ2n) is 6.02. The number of hydrogen-bond acceptors (Lipinski definition) is 3. The zero-order chi connectivity index (χ0) is 17.7. The number of nitrogens with zero attached hydrogens (tertiary/aromatic N) is 2. The number of likely N-dealkylation sites (tertiary alicyclic amines) is 1. The summed E-state index contributed by atoms with van der Waals surface area (Å²) in [4.78, 5) is 2.26. The quantitative estimate of drug-likeness (QED) is 0.821. The van der Waals surface area contributed by atoms with Crippen LogP contribution in [0.3, 0.4) is 0 Å². The highest BCUT2D eigenvalue weighted by Gasteiger charge is 2.21. The van der Waals surface area contributed by atoms with Gasteiger partial charge in [0.15, 0.2) is 0 Å². The molecule has 1 aliphatic rings. The first-order valence-corrected chi connectivity index (χ1v) is 9.79. The van der Waals surface area contributed by atoms with Crippen LogP contribution >= 0.6 is 0 Å². The van der Waals surface area contributed by atoms with Gasteiger partial charge < -0.3 is 9.64 Å². The number of benzene rings is 2. The zero-order valence-corrected chi connectivity index (χ0v) is 15.1. The molecule has 0 saturated carbocycles. The van der Waals surface area contributed by atoms with Gasteiger partial charge in [0.1, 0.15) is 11.6 Å². The molecule has 3 rings (SSSR count). The topological polar surface area (TPSA) is 59.0 Å². The summed E-state index contributed by atoms with van der Waals surface area (Å²) in [6, 6.07) is 16.4. The Balaban J connectivity index is 1.85. The second-order valence-corrected chi connectivity index (χ2v) is 7.63. The average Bonchev–Trinajstić information content (AvgIpc) is 2.64. The SMILES string of the molecule is COc1ccc(S(=O)(=O)/N=C2\CCCCN2Cc2ccccc2)cc1. The van der Waals surface area contributed by atoms with E-state index in [4.69, 9.17) is 4.74 Å². The summed E-state index contributed by atoms with van der Waals surface area (Å²) in [7, 11) is -2.17. The molecular weight excluding hydrogens is 336 g/mol. The Morgan fingerprint density at radius 3 is 2.44 bits per heavy atom. The van der Waals surface area contributed by atoms with Gasteiger partial charge in [0, 0.05) is 19.5 Å². The smallest absolute Gasteiger partial charge is 0.283 e. The molecule has 132 valence electrons. The Kier molecular flexibility index (Phi) is 5.38. The first kappa shape index (κ1) is 17.5. The van der Waals surface area contributed by atoms with Gasteiger partial charge in [0.2, 0.25) is 0 Å². The van der Waals surface area contributed by atoms with Crippen LogP contribution in [0.15, 0.2) is 63.9 Å². The molecule has 1 heterocycles. The lowest BCUT2D eigenvalue weighted by Crippen LogP contribution is -2.35. The molecule has 0 N–H and O–H groups in total. The van der Waals surface area contributed by atoms with Gasteiger partial charge in [-0.25, -0.2) is 0 Å². The standard InChI is InChI=1S/C19H22N2O3S/c1-24-17-10-12-18(13-11-17)25(22,23)20-19-9-5-6-14-21(19)15-16-7-3-2-4-8-16/h2-4,7-8,10-13H,5-6,9,14-15H2,1H3/b20-19+. The van der Waals surface area contributed by atoms with Gasteiger partial charge in [-0.3, -0.25) is 0 Å². The van der Waals surface area contributed by atoms with E-state index in [0.29, 0.717) is 24.6 Å². The normalized spacial score (nSPS) is 16.8. The van der Waals surface area contributed by atoms with Crippen molar-refractivity contribution in [1.82, 2.24) is 4.90 Å². The molecule has 0 atom stereocenters. The van der Waals surface area contributed by atoms with E-state index in [1.165, 1.54) is 12.1 Å². The fourth-order valence-electron chi connectivity index (χ4n) is 2.89. The van der Waals surface area contributed by atoms with E-state index in [1.807, 2.05) is 30.3 Å². The lowest BCUT2D eigenvalue weighted by molar-refractivity contribution is 0.364. The number of rotatable bonds is 5. The largest absolute Gasteiger partial charge is 0.497 e. The summed E-state index contributed by atoms with van der Waals surface area (Å²) in [5.41, 5.74) is 1.15. The number of ether oxygens (including phenoxy) is 1. The van der Waals surface area contributed by atoms with E-state index < -0.39 is 10.0 Å². The summed E-state index contributed by atoms with van der Waals surface area (Å²) in [6.07, 6.45) is 2.69. The van der Waals surface area contributed by atoms with Crippen LogP contribution in [0.25, 0.3) is 0 Å². The number of amidine groups is 1. The molecule has 6 heteroatoms. The lowest BCUT2D eigenvalue weighted by atomic mass is 10.1. The molecule has 0 unspecified atom stereocenters. The maximum absolute atomic E-state index is 12.6. The predicted octanol–water partition coefficient (Wildman–Crippen LogP) is 3.47. The van der Waals surface area contributed by atoms with Gasteiger partial charge in [-0.1, -0.05) is 30.3 Å². The van der Waals surface area contributed by atoms with Crippen molar-refractivity contribution in [2.24, 2.45) is 4.40 Å². The molecular formula is C19H22N2O3S. The van der Waals surface area contributed by atoms with Crippen LogP contribution in [0.2, 0.25) is 0 Å². The Labute approximate surface area is 149 Å². The van der Waals surface area contributed by atoms with E-state index in [2.05, 4.69) is 9.30 Å². The van der Waals surface area contributed by atoms with Crippen LogP contribution in [0, 0.1) is 0 Å². The molecule has 1 saturated heterocycles. The van der Waals surface area contributed by atoms with Crippen molar-refractivity contribution in [3.8, 4) is 5.75 Å². The fraction of sp³-hybridized carbons (Fsp3) is 0.316. The number of piperidine rings is 1. The van der Waals surface area contributed by atoms with E-state index in [-0.39, 0.29) is 4.90 Å². The molecule has 25 heavy (non-hydrogen) atoms. The van der Waals surface area contributed by atoms with Gasteiger partial charge in [-0.15, -0.1) is 4.40 Å². The van der Waals surface area contributed by atoms with Crippen molar-refractivity contribution in [2.45, 2.75) is 30.7 Å². The van der Waals surface area contributed by atoms with Crippen molar-refractivity contribution in [3.63, 3.8) is 0 Å². The van der Waals surface area contributed by atoms with Crippen molar-refractivity contribution in [2.75, 3.05) is 13.7 Å². The first-order chi connectivity index (χ1) is 12.1. The van der Waals surface area contributed by atoms with Crippen LogP contribution in [-0.2, 0) is 16.6 Å². The van der Waals surface area contributed by atoms with Crippen LogP contribution < -0.4 is 4.74 Å². The summed E-state index contributed by atoms with van der Waals surface area (Å²) in [5.74, 6) is 1.26. The summed E-state index contributed by atoms with van der Waals surface area (Å²) in [5, 5.41) is 0. The Hall–Kier alpha value is -2.34. The molecule has 0 radical (unpaired) electrons. The molecule has 1 fully saturated rings. The first-order valence-electron chi connectivity index (χ1n) is 8.35. The Bertz CT molecular complexity index is 831. The molecule has 2 aromatic carbocycles. The predicted molar refractivity (Wildman–Crippen MR) is 98.3 cm³/mol. The van der Waals surface area contributed by atoms with Crippen molar-refractivity contribution >= 4 is 15.9 Å². The van der Waals surface area contributed by atoms with Crippen LogP contribution in [0.5, 0.6) is 5.75 Å². The highest BCUT2D eigenvalue weighted by molar-refractivity contribution is 7.90. The van der Waals surface area contributed by atoms with E-state index in [0.717, 1.165) is 24.9 Å². The van der Waals surface area contributed by atoms with Crippen LogP contribution in [0.1, 0.15) is 24.8 Å². The molecule has 5 nitrogen and oxygen atoms in total. The Morgan fingerprint density at radius 1 is 1.04 bits per heavy atom. The highest BCUT2D eigenvalue weighted by atomic mass is 32.2. The minimum Gasteiger partial charge on any atom is -0.497 e. The third kappa shape index (κ3) is 4.39. The zero-order valence-electron chi connectivity index (χ0n) is 14.3. The van der Waals surface area contributed by atoms with Crippen molar-refractivity contribution < 1.29 is 13.2 Å². The van der Waals surface area contributed by atoms with E-state index in [1.54, 1.807) is 19.2 Å². The maximum atomic E-state index is 12.6. The van der Waals surface area contributed by atoms with Gasteiger partial charge in [-0.2, -0.15) is 8.42 Å². The summed E-state index contributed by atoms with van der Waals surface area (Å²) >= 11 is 0. The van der Waals surface area contributed by atoms with Crippen molar-refractivity contribution in [3.05, 3.63) is 60.2 Å². The Morgan fingerprint density at radius 2 is 1.76 bits per heavy atom. The van der Waals surface area contributed by atoms with Crippen LogP contribution in [0.4, 0.5) is 0 Å². The molecule has 1 aliphatic heterocycles. The average molecular weight is 358 g/mol. The monoisotopic (exact) mass is 358 g/mol. The molecule has 0 amide bonds. The number of sulfonamides is 1. The fourth-order valence-corrected chi connectivity index (χ4v) is 3.96. The van der Waals surface area contributed by atoms with Crippen molar-refractivity contribution in [1.29, 1.82) is 0 Å². The van der Waals surface area contributed by atoms with Crippen LogP contribution in [-0.4, -0.2) is 32.8 Å². The van der Waals surface area contributed by atoms with Gasteiger partial charge in [-0.05, 0) is 42.7 Å². The molecule has 0 aliphatic carbocycles. The minimum absolute atomic E-state index is 0.186. The maximum Gasteiger partial charge on any atom is 0.283 e. The highest BCUT2D eigenvalue weighted by Crippen LogP contribution is 2.21. The third-order valence-electron chi connectivity index (χ3n) is 4.24. The molecule has 0 bridgehead atoms. The molecule has 2 aromatic rings. The van der Waals surface area contributed by atoms with Gasteiger partial charge in [0.25, 0.3) is 10.0 Å². The second kappa shape index (κ2) is 7.70. The summed E-state index contributed by atoms with van der Waals surface area (Å²) in [6.45, 7) is 1.50. The van der Waals surface area contributed by atoms with E-state index >= 15 is 0 Å². The lowest BCUT2D eigenvalue weighted by Gasteiger charge is -2.30. The minimum atomic E-state index is -3.72. The van der Waals surface area contributed by atoms with E-state index in [9.17, 15) is 8.42 Å². The van der Waals surface area contributed by atoms with Gasteiger partial charge in [0.05, 0.1) is 12.0 Å². The summed E-state index contributed by atoms with van der Waals surface area (Å²) < 4.78 is 34.5. The third-order valence-corrected chi connectivity index (χ3v) is 5.56. The number of methoxy groups -OCH3 is 1. The molecule has 0 spiro atoms. The number of hydrogen-bond donors (Lipinski definition) is 0.